The molecule has 0 aromatic heterocycles. The fraction of sp³-hybridized carbons (Fsp3) is 0.389. The summed E-state index contributed by atoms with van der Waals surface area (Å²) in [6, 6.07) is 11.2. The SMILES string of the molecule is CCC(CC)C(C)NC(=O)c1ccc2ccccc2c1O. The van der Waals surface area contributed by atoms with E-state index < -0.39 is 0 Å². The first kappa shape index (κ1) is 15.4. The Balaban J connectivity index is 2.25. The van der Waals surface area contributed by atoms with Crippen molar-refractivity contribution >= 4 is 16.7 Å². The molecule has 2 rings (SSSR count). The molecule has 2 N–H and O–H groups in total. The third-order valence-corrected chi connectivity index (χ3v) is 4.26. The zero-order valence-corrected chi connectivity index (χ0v) is 12.9. The molecule has 0 spiro atoms. The molecular weight excluding hydrogens is 262 g/mol. The average Bonchev–Trinajstić information content (AvgIpc) is 2.49. The molecule has 3 nitrogen and oxygen atoms in total. The molecule has 0 saturated heterocycles. The smallest absolute Gasteiger partial charge is 0.255 e. The highest BCUT2D eigenvalue weighted by atomic mass is 16.3. The third-order valence-electron chi connectivity index (χ3n) is 4.26. The van der Waals surface area contributed by atoms with Crippen LogP contribution in [0.25, 0.3) is 10.8 Å². The number of fused-ring (bicyclic) bond motifs is 1. The molecule has 0 aliphatic carbocycles. The van der Waals surface area contributed by atoms with Gasteiger partial charge in [-0.3, -0.25) is 4.79 Å². The molecule has 1 unspecified atom stereocenters. The van der Waals surface area contributed by atoms with Crippen molar-refractivity contribution in [2.45, 2.75) is 39.7 Å². The summed E-state index contributed by atoms with van der Waals surface area (Å²) in [6.45, 7) is 6.28. The second kappa shape index (κ2) is 6.61. The highest BCUT2D eigenvalue weighted by Crippen LogP contribution is 2.28. The Morgan fingerprint density at radius 2 is 1.81 bits per heavy atom. The fourth-order valence-corrected chi connectivity index (χ4v) is 2.84. The van der Waals surface area contributed by atoms with Crippen molar-refractivity contribution in [3.8, 4) is 5.75 Å². The molecule has 21 heavy (non-hydrogen) atoms. The van der Waals surface area contributed by atoms with Crippen molar-refractivity contribution < 1.29 is 9.90 Å². The largest absolute Gasteiger partial charge is 0.506 e. The lowest BCUT2D eigenvalue weighted by Crippen LogP contribution is -2.37. The van der Waals surface area contributed by atoms with E-state index in [0.717, 1.165) is 18.2 Å². The van der Waals surface area contributed by atoms with Crippen LogP contribution in [-0.2, 0) is 0 Å². The van der Waals surface area contributed by atoms with Gasteiger partial charge in [0, 0.05) is 11.4 Å². The minimum atomic E-state index is -0.211. The van der Waals surface area contributed by atoms with Crippen LogP contribution in [0.5, 0.6) is 5.75 Å². The molecule has 3 heteroatoms. The van der Waals surface area contributed by atoms with Gasteiger partial charge in [0.05, 0.1) is 5.56 Å². The normalized spacial score (nSPS) is 12.6. The first-order valence-corrected chi connectivity index (χ1v) is 7.60. The van der Waals surface area contributed by atoms with Crippen molar-refractivity contribution in [3.63, 3.8) is 0 Å². The highest BCUT2D eigenvalue weighted by molar-refractivity contribution is 6.03. The Morgan fingerprint density at radius 1 is 1.14 bits per heavy atom. The van der Waals surface area contributed by atoms with Gasteiger partial charge in [-0.25, -0.2) is 0 Å². The zero-order chi connectivity index (χ0) is 15.4. The van der Waals surface area contributed by atoms with Crippen molar-refractivity contribution in [1.82, 2.24) is 5.32 Å². The lowest BCUT2D eigenvalue weighted by molar-refractivity contribution is 0.0923. The zero-order valence-electron chi connectivity index (χ0n) is 12.9. The predicted octanol–water partition coefficient (Wildman–Crippen LogP) is 4.10. The number of rotatable bonds is 5. The van der Waals surface area contributed by atoms with E-state index >= 15 is 0 Å². The maximum absolute atomic E-state index is 12.4. The van der Waals surface area contributed by atoms with Crippen LogP contribution in [-0.4, -0.2) is 17.1 Å². The predicted molar refractivity (Wildman–Crippen MR) is 86.6 cm³/mol. The van der Waals surface area contributed by atoms with E-state index in [9.17, 15) is 9.90 Å². The summed E-state index contributed by atoms with van der Waals surface area (Å²) in [5.41, 5.74) is 0.339. The number of nitrogens with one attached hydrogen (secondary N) is 1. The standard InChI is InChI=1S/C18H23NO2/c1-4-13(5-2)12(3)19-18(21)16-11-10-14-8-6-7-9-15(14)17(16)20/h6-13,20H,4-5H2,1-3H3,(H,19,21). The first-order valence-electron chi connectivity index (χ1n) is 7.60. The second-order valence-electron chi connectivity index (χ2n) is 5.52. The number of carbonyl (C=O) groups is 1. The summed E-state index contributed by atoms with van der Waals surface area (Å²) in [7, 11) is 0. The Hall–Kier alpha value is -2.03. The average molecular weight is 285 g/mol. The monoisotopic (exact) mass is 285 g/mol. The summed E-state index contributed by atoms with van der Waals surface area (Å²) in [5.74, 6) is 0.302. The van der Waals surface area contributed by atoms with Gasteiger partial charge in [-0.15, -0.1) is 0 Å². The number of carbonyl (C=O) groups excluding carboxylic acids is 1. The summed E-state index contributed by atoms with van der Waals surface area (Å²) in [5, 5.41) is 15.0. The van der Waals surface area contributed by atoms with Crippen molar-refractivity contribution in [2.24, 2.45) is 5.92 Å². The number of hydrogen-bond acceptors (Lipinski definition) is 2. The lowest BCUT2D eigenvalue weighted by Gasteiger charge is -2.22. The van der Waals surface area contributed by atoms with Crippen LogP contribution in [0, 0.1) is 5.92 Å². The Labute approximate surface area is 126 Å². The van der Waals surface area contributed by atoms with E-state index in [-0.39, 0.29) is 17.7 Å². The Morgan fingerprint density at radius 3 is 2.48 bits per heavy atom. The number of amides is 1. The van der Waals surface area contributed by atoms with Gasteiger partial charge in [-0.2, -0.15) is 0 Å². The Bertz CT molecular complexity index is 632. The highest BCUT2D eigenvalue weighted by Gasteiger charge is 2.19. The van der Waals surface area contributed by atoms with Gasteiger partial charge < -0.3 is 10.4 Å². The molecular formula is C18H23NO2. The molecule has 0 bridgehead atoms. The van der Waals surface area contributed by atoms with Crippen LogP contribution in [0.3, 0.4) is 0 Å². The van der Waals surface area contributed by atoms with Gasteiger partial charge in [-0.05, 0) is 24.3 Å². The molecule has 0 radical (unpaired) electrons. The third kappa shape index (κ3) is 3.18. The van der Waals surface area contributed by atoms with Gasteiger partial charge in [0.15, 0.2) is 0 Å². The Kier molecular flexibility index (Phi) is 4.84. The van der Waals surface area contributed by atoms with Gasteiger partial charge >= 0.3 is 0 Å². The fourth-order valence-electron chi connectivity index (χ4n) is 2.84. The van der Waals surface area contributed by atoms with E-state index in [1.54, 1.807) is 6.07 Å². The maximum Gasteiger partial charge on any atom is 0.255 e. The van der Waals surface area contributed by atoms with Crippen molar-refractivity contribution in [2.75, 3.05) is 0 Å². The van der Waals surface area contributed by atoms with E-state index in [2.05, 4.69) is 19.2 Å². The minimum Gasteiger partial charge on any atom is -0.506 e. The van der Waals surface area contributed by atoms with Crippen LogP contribution < -0.4 is 5.32 Å². The van der Waals surface area contributed by atoms with Gasteiger partial charge in [0.1, 0.15) is 5.75 Å². The van der Waals surface area contributed by atoms with E-state index in [0.29, 0.717) is 16.9 Å². The lowest BCUT2D eigenvalue weighted by atomic mass is 9.95. The molecule has 2 aromatic rings. The van der Waals surface area contributed by atoms with Crippen LogP contribution in [0.2, 0.25) is 0 Å². The number of phenolic OH excluding ortho intramolecular Hbond substituents is 1. The van der Waals surface area contributed by atoms with Gasteiger partial charge in [-0.1, -0.05) is 57.0 Å². The summed E-state index contributed by atoms with van der Waals surface area (Å²) >= 11 is 0. The van der Waals surface area contributed by atoms with Crippen molar-refractivity contribution in [1.29, 1.82) is 0 Å². The topological polar surface area (TPSA) is 49.3 Å². The molecule has 1 amide bonds. The van der Waals surface area contributed by atoms with Gasteiger partial charge in [0.2, 0.25) is 0 Å². The van der Waals surface area contributed by atoms with Crippen LogP contribution in [0.15, 0.2) is 36.4 Å². The molecule has 0 heterocycles. The molecule has 0 aliphatic rings. The van der Waals surface area contributed by atoms with Crippen LogP contribution in [0.1, 0.15) is 44.0 Å². The first-order chi connectivity index (χ1) is 10.1. The summed E-state index contributed by atoms with van der Waals surface area (Å²) < 4.78 is 0. The molecule has 0 aliphatic heterocycles. The van der Waals surface area contributed by atoms with Gasteiger partial charge in [0.25, 0.3) is 5.91 Å². The van der Waals surface area contributed by atoms with E-state index in [1.807, 2.05) is 37.3 Å². The summed E-state index contributed by atoms with van der Waals surface area (Å²) in [4.78, 5) is 12.4. The number of phenols is 1. The van der Waals surface area contributed by atoms with E-state index in [4.69, 9.17) is 0 Å². The van der Waals surface area contributed by atoms with Crippen molar-refractivity contribution in [3.05, 3.63) is 42.0 Å². The number of aromatic hydroxyl groups is 1. The van der Waals surface area contributed by atoms with Crippen LogP contribution >= 0.6 is 0 Å². The number of hydrogen-bond donors (Lipinski definition) is 2. The quantitative estimate of drug-likeness (QED) is 0.869. The second-order valence-corrected chi connectivity index (χ2v) is 5.52. The molecule has 0 saturated carbocycles. The molecule has 1 atom stereocenters. The molecule has 2 aromatic carbocycles. The molecule has 0 fully saturated rings. The number of benzene rings is 2. The minimum absolute atomic E-state index is 0.0577. The van der Waals surface area contributed by atoms with Crippen LogP contribution in [0.4, 0.5) is 0 Å². The maximum atomic E-state index is 12.4. The summed E-state index contributed by atoms with van der Waals surface area (Å²) in [6.07, 6.45) is 2.06. The van der Waals surface area contributed by atoms with E-state index in [1.165, 1.54) is 0 Å². The molecule has 112 valence electrons.